The van der Waals surface area contributed by atoms with Crippen molar-refractivity contribution in [3.05, 3.63) is 95.6 Å². The topological polar surface area (TPSA) is 81.7 Å². The van der Waals surface area contributed by atoms with Crippen LogP contribution in [0, 0.1) is 0 Å². The summed E-state index contributed by atoms with van der Waals surface area (Å²) in [5.74, 6) is -1.57. The number of ether oxygens (including phenoxy) is 2. The highest BCUT2D eigenvalue weighted by Crippen LogP contribution is 2.34. The fourth-order valence-electron chi connectivity index (χ4n) is 3.27. The van der Waals surface area contributed by atoms with Crippen LogP contribution in [0.2, 0.25) is 0 Å². The molecule has 3 aromatic carbocycles. The molecule has 0 aromatic heterocycles. The number of amides is 1. The minimum absolute atomic E-state index is 0.286. The van der Waals surface area contributed by atoms with Gasteiger partial charge in [-0.05, 0) is 36.4 Å². The van der Waals surface area contributed by atoms with Gasteiger partial charge in [-0.15, -0.1) is 0 Å². The van der Waals surface area contributed by atoms with Gasteiger partial charge in [-0.1, -0.05) is 42.5 Å². The normalized spacial score (nSPS) is 11.9. The van der Waals surface area contributed by atoms with Gasteiger partial charge in [0.1, 0.15) is 5.75 Å². The summed E-state index contributed by atoms with van der Waals surface area (Å²) >= 11 is 0. The van der Waals surface area contributed by atoms with Gasteiger partial charge in [0.25, 0.3) is 0 Å². The van der Waals surface area contributed by atoms with Crippen LogP contribution in [-0.4, -0.2) is 24.8 Å². The molecule has 1 N–H and O–H groups in total. The molecule has 0 aliphatic carbocycles. The Morgan fingerprint density at radius 1 is 0.857 bits per heavy atom. The van der Waals surface area contributed by atoms with Crippen molar-refractivity contribution in [2.75, 3.05) is 12.4 Å². The standard InChI is InChI=1S/C26H22F3NO5/c1-34-19-13-11-17(12-14-19)24(33)25(18-7-3-2-4-8-18)35-23(32)16-15-22(31)30-21-10-6-5-9-20(21)26(27,28)29/h2-14,25H,15-16H2,1H3,(H,30,31)/t25-/m1/s1. The number of carbonyl (C=O) groups is 3. The van der Waals surface area contributed by atoms with E-state index in [1.807, 2.05) is 0 Å². The Hall–Kier alpha value is -4.14. The number of anilines is 1. The van der Waals surface area contributed by atoms with Gasteiger partial charge in [0.05, 0.1) is 24.8 Å². The quantitative estimate of drug-likeness (QED) is 0.315. The Labute approximate surface area is 199 Å². The molecular weight excluding hydrogens is 463 g/mol. The molecule has 3 aromatic rings. The molecular formula is C26H22F3NO5. The Kier molecular flexibility index (Phi) is 8.25. The molecule has 0 heterocycles. The highest BCUT2D eigenvalue weighted by atomic mass is 19.4. The second-order valence-electron chi connectivity index (χ2n) is 7.46. The van der Waals surface area contributed by atoms with Crippen molar-refractivity contribution in [3.63, 3.8) is 0 Å². The highest BCUT2D eigenvalue weighted by molar-refractivity contribution is 6.01. The minimum Gasteiger partial charge on any atom is -0.497 e. The number of rotatable bonds is 9. The lowest BCUT2D eigenvalue weighted by atomic mass is 9.99. The second kappa shape index (κ2) is 11.3. The zero-order chi connectivity index (χ0) is 25.4. The summed E-state index contributed by atoms with van der Waals surface area (Å²) in [5, 5.41) is 2.17. The van der Waals surface area contributed by atoms with E-state index in [4.69, 9.17) is 9.47 Å². The van der Waals surface area contributed by atoms with Crippen LogP contribution in [0.5, 0.6) is 5.75 Å². The van der Waals surface area contributed by atoms with E-state index in [2.05, 4.69) is 5.32 Å². The summed E-state index contributed by atoms with van der Waals surface area (Å²) in [7, 11) is 1.49. The summed E-state index contributed by atoms with van der Waals surface area (Å²) in [4.78, 5) is 37.8. The molecule has 182 valence electrons. The summed E-state index contributed by atoms with van der Waals surface area (Å²) in [6.45, 7) is 0. The third-order valence-electron chi connectivity index (χ3n) is 5.03. The van der Waals surface area contributed by atoms with E-state index >= 15 is 0 Å². The van der Waals surface area contributed by atoms with Crippen molar-refractivity contribution in [2.45, 2.75) is 25.1 Å². The maximum Gasteiger partial charge on any atom is 0.418 e. The fourth-order valence-corrected chi connectivity index (χ4v) is 3.27. The number of hydrogen-bond acceptors (Lipinski definition) is 5. The number of halogens is 3. The lowest BCUT2D eigenvalue weighted by Crippen LogP contribution is -2.22. The highest BCUT2D eigenvalue weighted by Gasteiger charge is 2.33. The molecule has 0 fully saturated rings. The van der Waals surface area contributed by atoms with Crippen molar-refractivity contribution in [1.82, 2.24) is 0 Å². The molecule has 0 saturated carbocycles. The zero-order valence-electron chi connectivity index (χ0n) is 18.7. The van der Waals surface area contributed by atoms with Crippen molar-refractivity contribution in [1.29, 1.82) is 0 Å². The van der Waals surface area contributed by atoms with Crippen LogP contribution >= 0.6 is 0 Å². The summed E-state index contributed by atoms with van der Waals surface area (Å²) in [6, 6.07) is 19.2. The third kappa shape index (κ3) is 6.92. The number of benzene rings is 3. The lowest BCUT2D eigenvalue weighted by molar-refractivity contribution is -0.148. The summed E-state index contributed by atoms with van der Waals surface area (Å²) in [5.41, 5.74) is -0.681. The first kappa shape index (κ1) is 25.5. The number of methoxy groups -OCH3 is 1. The van der Waals surface area contributed by atoms with Gasteiger partial charge in [0.2, 0.25) is 11.7 Å². The Morgan fingerprint density at radius 2 is 1.49 bits per heavy atom. The van der Waals surface area contributed by atoms with Gasteiger partial charge in [0, 0.05) is 17.5 Å². The molecule has 0 aliphatic rings. The molecule has 0 aliphatic heterocycles. The maximum absolute atomic E-state index is 13.1. The predicted octanol–water partition coefficient (Wildman–Crippen LogP) is 5.60. The molecule has 0 unspecified atom stereocenters. The lowest BCUT2D eigenvalue weighted by Gasteiger charge is -2.18. The molecule has 0 saturated heterocycles. The van der Waals surface area contributed by atoms with Gasteiger partial charge in [-0.3, -0.25) is 14.4 Å². The smallest absolute Gasteiger partial charge is 0.418 e. The fraction of sp³-hybridized carbons (Fsp3) is 0.192. The number of carbonyl (C=O) groups excluding carboxylic acids is 3. The number of nitrogens with one attached hydrogen (secondary N) is 1. The van der Waals surface area contributed by atoms with Crippen LogP contribution in [0.1, 0.15) is 40.4 Å². The van der Waals surface area contributed by atoms with Crippen molar-refractivity contribution in [2.24, 2.45) is 0 Å². The van der Waals surface area contributed by atoms with Gasteiger partial charge in [-0.2, -0.15) is 13.2 Å². The number of esters is 1. The third-order valence-corrected chi connectivity index (χ3v) is 5.03. The number of ketones is 1. The van der Waals surface area contributed by atoms with Gasteiger partial charge in [-0.25, -0.2) is 0 Å². The van der Waals surface area contributed by atoms with E-state index in [1.165, 1.54) is 31.4 Å². The van der Waals surface area contributed by atoms with Gasteiger partial charge < -0.3 is 14.8 Å². The Morgan fingerprint density at radius 3 is 2.11 bits per heavy atom. The number of alkyl halides is 3. The molecule has 0 radical (unpaired) electrons. The van der Waals surface area contributed by atoms with E-state index in [9.17, 15) is 27.6 Å². The van der Waals surface area contributed by atoms with Crippen LogP contribution in [0.15, 0.2) is 78.9 Å². The van der Waals surface area contributed by atoms with E-state index in [0.717, 1.165) is 12.1 Å². The van der Waals surface area contributed by atoms with Gasteiger partial charge >= 0.3 is 12.1 Å². The van der Waals surface area contributed by atoms with E-state index in [-0.39, 0.29) is 5.56 Å². The van der Waals surface area contributed by atoms with E-state index < -0.39 is 54.0 Å². The first-order chi connectivity index (χ1) is 16.7. The first-order valence-electron chi connectivity index (χ1n) is 10.6. The van der Waals surface area contributed by atoms with Crippen LogP contribution in [0.4, 0.5) is 18.9 Å². The largest absolute Gasteiger partial charge is 0.497 e. The van der Waals surface area contributed by atoms with Crippen molar-refractivity contribution in [3.8, 4) is 5.75 Å². The Balaban J connectivity index is 1.67. The number of para-hydroxylation sites is 1. The molecule has 0 bridgehead atoms. The molecule has 0 spiro atoms. The summed E-state index contributed by atoms with van der Waals surface area (Å²) in [6.07, 6.45) is -6.76. The van der Waals surface area contributed by atoms with Crippen molar-refractivity contribution >= 4 is 23.3 Å². The zero-order valence-corrected chi connectivity index (χ0v) is 18.7. The average Bonchev–Trinajstić information content (AvgIpc) is 2.86. The van der Waals surface area contributed by atoms with Crippen LogP contribution < -0.4 is 10.1 Å². The Bertz CT molecular complexity index is 1180. The number of hydrogen-bond donors (Lipinski definition) is 1. The molecule has 9 heteroatoms. The average molecular weight is 485 g/mol. The monoisotopic (exact) mass is 485 g/mol. The molecule has 1 amide bonds. The van der Waals surface area contributed by atoms with Crippen molar-refractivity contribution < 1.29 is 37.0 Å². The van der Waals surface area contributed by atoms with E-state index in [0.29, 0.717) is 11.3 Å². The van der Waals surface area contributed by atoms with Crippen LogP contribution in [0.25, 0.3) is 0 Å². The van der Waals surface area contributed by atoms with Crippen LogP contribution in [-0.2, 0) is 20.5 Å². The maximum atomic E-state index is 13.1. The first-order valence-corrected chi connectivity index (χ1v) is 10.6. The van der Waals surface area contributed by atoms with Gasteiger partial charge in [0.15, 0.2) is 6.10 Å². The molecule has 35 heavy (non-hydrogen) atoms. The summed E-state index contributed by atoms with van der Waals surface area (Å²) < 4.78 is 49.8. The molecule has 6 nitrogen and oxygen atoms in total. The predicted molar refractivity (Wildman–Crippen MR) is 122 cm³/mol. The molecule has 3 rings (SSSR count). The minimum atomic E-state index is -4.65. The van der Waals surface area contributed by atoms with Crippen LogP contribution in [0.3, 0.4) is 0 Å². The number of Topliss-reactive ketones (excluding diaryl/α,β-unsaturated/α-hetero) is 1. The second-order valence-corrected chi connectivity index (χ2v) is 7.46. The molecule has 1 atom stereocenters. The van der Waals surface area contributed by atoms with E-state index in [1.54, 1.807) is 42.5 Å². The SMILES string of the molecule is COc1ccc(C(=O)[C@H](OC(=O)CCC(=O)Nc2ccccc2C(F)(F)F)c2ccccc2)cc1.